The van der Waals surface area contributed by atoms with E-state index in [2.05, 4.69) is 0 Å². The van der Waals surface area contributed by atoms with Gasteiger partial charge in [-0.2, -0.15) is 0 Å². The van der Waals surface area contributed by atoms with E-state index >= 15 is 0 Å². The normalized spacial score (nSPS) is 10.9. The molecule has 0 radical (unpaired) electrons. The first-order valence-corrected chi connectivity index (χ1v) is 8.14. The van der Waals surface area contributed by atoms with E-state index in [4.69, 9.17) is 18.9 Å². The highest BCUT2D eigenvalue weighted by molar-refractivity contribution is 6.01. The predicted molar refractivity (Wildman–Crippen MR) is 95.9 cm³/mol. The quantitative estimate of drug-likeness (QED) is 0.519. The van der Waals surface area contributed by atoms with Crippen LogP contribution in [-0.2, 0) is 9.53 Å². The topological polar surface area (TPSA) is 71.1 Å². The van der Waals surface area contributed by atoms with Gasteiger partial charge in [0.05, 0.1) is 19.8 Å². The predicted octanol–water partition coefficient (Wildman–Crippen LogP) is 3.43. The fourth-order valence-corrected chi connectivity index (χ4v) is 2.25. The molecule has 0 unspecified atom stereocenters. The molecule has 0 aromatic heterocycles. The van der Waals surface area contributed by atoms with Crippen molar-refractivity contribution in [2.45, 2.75) is 19.4 Å². The maximum absolute atomic E-state index is 13.0. The molecule has 0 aliphatic carbocycles. The van der Waals surface area contributed by atoms with Crippen LogP contribution in [0.25, 0.3) is 0 Å². The lowest BCUT2D eigenvalue weighted by atomic mass is 10.1. The zero-order valence-electron chi connectivity index (χ0n) is 15.6. The number of ether oxygens (including phenoxy) is 4. The fraction of sp³-hybridized carbons (Fsp3) is 0.300. The molecule has 27 heavy (non-hydrogen) atoms. The maximum atomic E-state index is 13.0. The number of rotatable bonds is 8. The van der Waals surface area contributed by atoms with Gasteiger partial charge in [-0.15, -0.1) is 0 Å². The first-order valence-electron chi connectivity index (χ1n) is 8.14. The number of hydrogen-bond donors (Lipinski definition) is 0. The lowest BCUT2D eigenvalue weighted by molar-refractivity contribution is -0.158. The smallest absolute Gasteiger partial charge is 0.350 e. The molecular weight excluding hydrogens is 355 g/mol. The van der Waals surface area contributed by atoms with Crippen molar-refractivity contribution in [3.8, 4) is 17.2 Å². The highest BCUT2D eigenvalue weighted by Crippen LogP contribution is 2.25. The van der Waals surface area contributed by atoms with Crippen LogP contribution in [0.4, 0.5) is 4.39 Å². The summed E-state index contributed by atoms with van der Waals surface area (Å²) in [6, 6.07) is 9.99. The maximum Gasteiger partial charge on any atom is 0.350 e. The Morgan fingerprint density at radius 3 is 2.19 bits per heavy atom. The second-order valence-electron chi connectivity index (χ2n) is 6.13. The van der Waals surface area contributed by atoms with Gasteiger partial charge in [0.15, 0.2) is 12.2 Å². The molecule has 0 heterocycles. The van der Waals surface area contributed by atoms with Gasteiger partial charge in [-0.25, -0.2) is 9.18 Å². The van der Waals surface area contributed by atoms with Crippen LogP contribution in [0.2, 0.25) is 0 Å². The van der Waals surface area contributed by atoms with Crippen LogP contribution in [0, 0.1) is 5.82 Å². The number of ketones is 1. The molecule has 0 aliphatic heterocycles. The molecule has 0 amide bonds. The third-order valence-electron chi connectivity index (χ3n) is 3.72. The number of benzene rings is 2. The van der Waals surface area contributed by atoms with Gasteiger partial charge in [-0.3, -0.25) is 4.79 Å². The summed E-state index contributed by atoms with van der Waals surface area (Å²) in [5, 5.41) is 0. The summed E-state index contributed by atoms with van der Waals surface area (Å²) < 4.78 is 33.9. The van der Waals surface area contributed by atoms with Crippen LogP contribution in [0.15, 0.2) is 42.5 Å². The summed E-state index contributed by atoms with van der Waals surface area (Å²) >= 11 is 0. The molecule has 2 aromatic carbocycles. The van der Waals surface area contributed by atoms with Crippen LogP contribution in [0.1, 0.15) is 24.2 Å². The number of hydrogen-bond acceptors (Lipinski definition) is 6. The number of carbonyl (C=O) groups excluding carboxylic acids is 2. The molecule has 6 nitrogen and oxygen atoms in total. The van der Waals surface area contributed by atoms with Crippen LogP contribution < -0.4 is 14.2 Å². The molecule has 0 fully saturated rings. The largest absolute Gasteiger partial charge is 0.497 e. The molecule has 0 aliphatic rings. The summed E-state index contributed by atoms with van der Waals surface area (Å²) in [6.45, 7) is 2.50. The molecule has 2 aromatic rings. The van der Waals surface area contributed by atoms with E-state index in [9.17, 15) is 14.0 Å². The average molecular weight is 376 g/mol. The molecule has 144 valence electrons. The minimum Gasteiger partial charge on any atom is -0.497 e. The van der Waals surface area contributed by atoms with Gasteiger partial charge in [0.25, 0.3) is 0 Å². The first kappa shape index (κ1) is 20.2. The molecule has 2 rings (SSSR count). The first-order chi connectivity index (χ1) is 12.8. The van der Waals surface area contributed by atoms with Gasteiger partial charge in [-0.05, 0) is 56.3 Å². The Morgan fingerprint density at radius 1 is 0.963 bits per heavy atom. The van der Waals surface area contributed by atoms with Crippen molar-refractivity contribution in [2.75, 3.05) is 20.8 Å². The second-order valence-corrected chi connectivity index (χ2v) is 6.13. The number of halogens is 1. The summed E-state index contributed by atoms with van der Waals surface area (Å²) in [5.74, 6) is -0.470. The molecular formula is C20H21FO6. The molecule has 0 spiro atoms. The molecule has 7 heteroatoms. The van der Waals surface area contributed by atoms with Crippen molar-refractivity contribution < 1.29 is 32.9 Å². The van der Waals surface area contributed by atoms with E-state index in [0.29, 0.717) is 17.2 Å². The van der Waals surface area contributed by atoms with Crippen LogP contribution in [0.5, 0.6) is 17.2 Å². The highest BCUT2D eigenvalue weighted by atomic mass is 19.1. The van der Waals surface area contributed by atoms with Gasteiger partial charge < -0.3 is 18.9 Å². The van der Waals surface area contributed by atoms with Gasteiger partial charge in [0.1, 0.15) is 23.1 Å². The van der Waals surface area contributed by atoms with Crippen molar-refractivity contribution in [3.63, 3.8) is 0 Å². The Bertz CT molecular complexity index is 814. The van der Waals surface area contributed by atoms with Crippen molar-refractivity contribution in [1.29, 1.82) is 0 Å². The SMILES string of the molecule is COc1ccc(OC)c(C(=O)COC(=O)C(C)(C)Oc2ccc(F)cc2)c1. The Labute approximate surface area is 156 Å². The summed E-state index contributed by atoms with van der Waals surface area (Å²) in [7, 11) is 2.91. The average Bonchev–Trinajstić information content (AvgIpc) is 2.66. The minimum atomic E-state index is -1.36. The van der Waals surface area contributed by atoms with E-state index in [1.807, 2.05) is 0 Å². The van der Waals surface area contributed by atoms with E-state index in [-0.39, 0.29) is 5.56 Å². The van der Waals surface area contributed by atoms with Crippen molar-refractivity contribution in [2.24, 2.45) is 0 Å². The van der Waals surface area contributed by atoms with E-state index in [1.54, 1.807) is 12.1 Å². The molecule has 0 saturated heterocycles. The minimum absolute atomic E-state index is 0.238. The fourth-order valence-electron chi connectivity index (χ4n) is 2.25. The van der Waals surface area contributed by atoms with Gasteiger partial charge in [-0.1, -0.05) is 0 Å². The monoisotopic (exact) mass is 376 g/mol. The Morgan fingerprint density at radius 2 is 1.59 bits per heavy atom. The third kappa shape index (κ3) is 5.20. The summed E-state index contributed by atoms with van der Waals surface area (Å²) in [5.41, 5.74) is -1.13. The Kier molecular flexibility index (Phi) is 6.39. The molecule has 0 saturated carbocycles. The van der Waals surface area contributed by atoms with Crippen molar-refractivity contribution in [1.82, 2.24) is 0 Å². The number of esters is 1. The zero-order chi connectivity index (χ0) is 20.0. The summed E-state index contributed by atoms with van der Waals surface area (Å²) in [4.78, 5) is 24.7. The summed E-state index contributed by atoms with van der Waals surface area (Å²) in [6.07, 6.45) is 0. The molecule has 0 atom stereocenters. The lowest BCUT2D eigenvalue weighted by Gasteiger charge is -2.24. The number of Topliss-reactive ketones (excluding diaryl/α,β-unsaturated/α-hetero) is 1. The van der Waals surface area contributed by atoms with Crippen molar-refractivity contribution >= 4 is 11.8 Å². The van der Waals surface area contributed by atoms with Gasteiger partial charge in [0.2, 0.25) is 5.78 Å². The van der Waals surface area contributed by atoms with E-state index in [1.165, 1.54) is 58.4 Å². The van der Waals surface area contributed by atoms with Gasteiger partial charge >= 0.3 is 5.97 Å². The molecule has 0 bridgehead atoms. The molecule has 0 N–H and O–H groups in total. The lowest BCUT2D eigenvalue weighted by Crippen LogP contribution is -2.40. The van der Waals surface area contributed by atoms with Crippen LogP contribution in [-0.4, -0.2) is 38.2 Å². The third-order valence-corrected chi connectivity index (χ3v) is 3.72. The van der Waals surface area contributed by atoms with Crippen molar-refractivity contribution in [3.05, 3.63) is 53.8 Å². The Balaban J connectivity index is 2.03. The number of carbonyl (C=O) groups is 2. The number of methoxy groups -OCH3 is 2. The van der Waals surface area contributed by atoms with Crippen LogP contribution in [0.3, 0.4) is 0 Å². The van der Waals surface area contributed by atoms with Crippen LogP contribution >= 0.6 is 0 Å². The van der Waals surface area contributed by atoms with Gasteiger partial charge in [0, 0.05) is 0 Å². The standard InChI is InChI=1S/C20H21FO6/c1-20(2,27-14-7-5-13(21)6-8-14)19(23)26-12-17(22)16-11-15(24-3)9-10-18(16)25-4/h5-11H,12H2,1-4H3. The van der Waals surface area contributed by atoms with E-state index in [0.717, 1.165) is 0 Å². The Hall–Kier alpha value is -3.09. The van der Waals surface area contributed by atoms with E-state index < -0.39 is 29.8 Å². The second kappa shape index (κ2) is 8.53. The highest BCUT2D eigenvalue weighted by Gasteiger charge is 2.32. The zero-order valence-corrected chi connectivity index (χ0v) is 15.6.